The summed E-state index contributed by atoms with van der Waals surface area (Å²) in [5.41, 5.74) is 3.36. The minimum atomic E-state index is -0.462. The molecule has 1 atom stereocenters. The van der Waals surface area contributed by atoms with Crippen LogP contribution in [0.4, 0.5) is 0 Å². The third kappa shape index (κ3) is 2.71. The monoisotopic (exact) mass is 190 g/mol. The molecule has 1 aromatic rings. The molecule has 0 radical (unpaired) electrons. The molecular formula is C13H18O. The molecule has 0 saturated carbocycles. The molecule has 0 fully saturated rings. The summed E-state index contributed by atoms with van der Waals surface area (Å²) in [6.45, 7) is 6.16. The van der Waals surface area contributed by atoms with Crippen molar-refractivity contribution in [3.8, 4) is 0 Å². The Labute approximate surface area is 86.1 Å². The molecule has 1 nitrogen and oxygen atoms in total. The zero-order valence-electron chi connectivity index (χ0n) is 9.12. The van der Waals surface area contributed by atoms with Gasteiger partial charge in [0.15, 0.2) is 0 Å². The fourth-order valence-electron chi connectivity index (χ4n) is 1.40. The molecule has 0 aliphatic rings. The first-order valence-corrected chi connectivity index (χ1v) is 5.06. The topological polar surface area (TPSA) is 20.2 Å². The fraction of sp³-hybridized carbons (Fsp3) is 0.385. The van der Waals surface area contributed by atoms with Crippen LogP contribution in [-0.4, -0.2) is 5.11 Å². The normalized spacial score (nSPS) is 14.1. The van der Waals surface area contributed by atoms with Gasteiger partial charge in [0.05, 0.1) is 6.10 Å². The van der Waals surface area contributed by atoms with Crippen LogP contribution in [0.2, 0.25) is 0 Å². The Morgan fingerprint density at radius 3 is 2.64 bits per heavy atom. The maximum atomic E-state index is 9.93. The van der Waals surface area contributed by atoms with Gasteiger partial charge in [-0.2, -0.15) is 0 Å². The highest BCUT2D eigenvalue weighted by Crippen LogP contribution is 2.20. The summed E-state index contributed by atoms with van der Waals surface area (Å²) < 4.78 is 0. The summed E-state index contributed by atoms with van der Waals surface area (Å²) in [7, 11) is 0. The Bertz CT molecular complexity index is 326. The zero-order valence-corrected chi connectivity index (χ0v) is 9.12. The number of hydrogen-bond donors (Lipinski definition) is 1. The third-order valence-corrected chi connectivity index (χ3v) is 2.51. The average molecular weight is 190 g/mol. The molecule has 0 heterocycles. The lowest BCUT2D eigenvalue weighted by Gasteiger charge is -2.10. The van der Waals surface area contributed by atoms with Gasteiger partial charge in [-0.1, -0.05) is 42.8 Å². The molecule has 0 saturated heterocycles. The molecule has 0 aliphatic carbocycles. The highest BCUT2D eigenvalue weighted by molar-refractivity contribution is 5.30. The van der Waals surface area contributed by atoms with E-state index in [1.807, 2.05) is 44.2 Å². The smallest absolute Gasteiger partial charge is 0.0976 e. The van der Waals surface area contributed by atoms with Crippen LogP contribution in [0.5, 0.6) is 0 Å². The second-order valence-electron chi connectivity index (χ2n) is 3.67. The fourth-order valence-corrected chi connectivity index (χ4v) is 1.40. The van der Waals surface area contributed by atoms with Crippen molar-refractivity contribution < 1.29 is 5.11 Å². The molecule has 1 rings (SSSR count). The van der Waals surface area contributed by atoms with Crippen LogP contribution in [-0.2, 0) is 0 Å². The molecule has 0 spiro atoms. The SMILES string of the molecule is CC/C(C)=C/C(O)c1ccccc1C. The van der Waals surface area contributed by atoms with Gasteiger partial charge < -0.3 is 5.11 Å². The van der Waals surface area contributed by atoms with Crippen LogP contribution < -0.4 is 0 Å². The Kier molecular flexibility index (Phi) is 3.90. The highest BCUT2D eigenvalue weighted by atomic mass is 16.3. The highest BCUT2D eigenvalue weighted by Gasteiger charge is 2.06. The second-order valence-corrected chi connectivity index (χ2v) is 3.67. The Morgan fingerprint density at radius 1 is 1.43 bits per heavy atom. The predicted molar refractivity (Wildman–Crippen MR) is 60.2 cm³/mol. The van der Waals surface area contributed by atoms with Crippen molar-refractivity contribution in [2.45, 2.75) is 33.3 Å². The van der Waals surface area contributed by atoms with Crippen molar-refractivity contribution in [2.24, 2.45) is 0 Å². The summed E-state index contributed by atoms with van der Waals surface area (Å²) in [5, 5.41) is 9.93. The largest absolute Gasteiger partial charge is 0.384 e. The first-order valence-electron chi connectivity index (χ1n) is 5.06. The standard InChI is InChI=1S/C13H18O/c1-4-10(2)9-13(14)12-8-6-5-7-11(12)3/h5-9,13-14H,4H2,1-3H3/b10-9+. The second kappa shape index (κ2) is 4.97. The summed E-state index contributed by atoms with van der Waals surface area (Å²) in [5.74, 6) is 0. The van der Waals surface area contributed by atoms with Crippen LogP contribution in [0.25, 0.3) is 0 Å². The molecule has 1 N–H and O–H groups in total. The van der Waals surface area contributed by atoms with Gasteiger partial charge in [-0.3, -0.25) is 0 Å². The lowest BCUT2D eigenvalue weighted by Crippen LogP contribution is -1.96. The van der Waals surface area contributed by atoms with Crippen molar-refractivity contribution in [1.82, 2.24) is 0 Å². The van der Waals surface area contributed by atoms with Gasteiger partial charge in [0.2, 0.25) is 0 Å². The van der Waals surface area contributed by atoms with E-state index >= 15 is 0 Å². The number of allylic oxidation sites excluding steroid dienone is 1. The van der Waals surface area contributed by atoms with Gasteiger partial charge in [-0.25, -0.2) is 0 Å². The molecule has 1 heteroatoms. The van der Waals surface area contributed by atoms with Crippen molar-refractivity contribution in [3.05, 3.63) is 47.0 Å². The molecule has 0 aliphatic heterocycles. The van der Waals surface area contributed by atoms with E-state index in [2.05, 4.69) is 6.92 Å². The Balaban J connectivity index is 2.90. The molecule has 0 amide bonds. The molecule has 1 unspecified atom stereocenters. The van der Waals surface area contributed by atoms with Gasteiger partial charge in [0.25, 0.3) is 0 Å². The van der Waals surface area contributed by atoms with Gasteiger partial charge in [0, 0.05) is 0 Å². The van der Waals surface area contributed by atoms with E-state index < -0.39 is 6.10 Å². The number of rotatable bonds is 3. The first-order chi connectivity index (χ1) is 6.65. The van der Waals surface area contributed by atoms with Gasteiger partial charge in [-0.05, 0) is 31.4 Å². The van der Waals surface area contributed by atoms with Gasteiger partial charge >= 0.3 is 0 Å². The number of aryl methyl sites for hydroxylation is 1. The number of aliphatic hydroxyl groups excluding tert-OH is 1. The van der Waals surface area contributed by atoms with Crippen LogP contribution >= 0.6 is 0 Å². The lowest BCUT2D eigenvalue weighted by atomic mass is 10.0. The van der Waals surface area contributed by atoms with Gasteiger partial charge in [-0.15, -0.1) is 0 Å². The van der Waals surface area contributed by atoms with Crippen molar-refractivity contribution in [1.29, 1.82) is 0 Å². The minimum Gasteiger partial charge on any atom is -0.384 e. The summed E-state index contributed by atoms with van der Waals surface area (Å²) >= 11 is 0. The zero-order chi connectivity index (χ0) is 10.6. The molecule has 76 valence electrons. The van der Waals surface area contributed by atoms with Crippen molar-refractivity contribution >= 4 is 0 Å². The van der Waals surface area contributed by atoms with E-state index in [1.165, 1.54) is 5.57 Å². The van der Waals surface area contributed by atoms with Gasteiger partial charge in [0.1, 0.15) is 0 Å². The van der Waals surface area contributed by atoms with E-state index in [1.54, 1.807) is 0 Å². The number of aliphatic hydroxyl groups is 1. The Morgan fingerprint density at radius 2 is 2.07 bits per heavy atom. The molecule has 0 bridgehead atoms. The maximum absolute atomic E-state index is 9.93. The quantitative estimate of drug-likeness (QED) is 0.724. The van der Waals surface area contributed by atoms with E-state index in [0.29, 0.717) is 0 Å². The predicted octanol–water partition coefficient (Wildman–Crippen LogP) is 3.38. The molecule has 14 heavy (non-hydrogen) atoms. The number of benzene rings is 1. The maximum Gasteiger partial charge on any atom is 0.0976 e. The van der Waals surface area contributed by atoms with Crippen LogP contribution in [0, 0.1) is 6.92 Å². The minimum absolute atomic E-state index is 0.462. The van der Waals surface area contributed by atoms with E-state index in [0.717, 1.165) is 17.5 Å². The summed E-state index contributed by atoms with van der Waals surface area (Å²) in [6.07, 6.45) is 2.45. The molecule has 1 aromatic carbocycles. The molecule has 0 aromatic heterocycles. The van der Waals surface area contributed by atoms with Crippen molar-refractivity contribution in [3.63, 3.8) is 0 Å². The summed E-state index contributed by atoms with van der Waals surface area (Å²) in [4.78, 5) is 0. The van der Waals surface area contributed by atoms with Crippen LogP contribution in [0.15, 0.2) is 35.9 Å². The van der Waals surface area contributed by atoms with E-state index in [-0.39, 0.29) is 0 Å². The number of hydrogen-bond acceptors (Lipinski definition) is 1. The molecular weight excluding hydrogens is 172 g/mol. The average Bonchev–Trinajstić information content (AvgIpc) is 2.18. The first kappa shape index (κ1) is 11.0. The summed E-state index contributed by atoms with van der Waals surface area (Å²) in [6, 6.07) is 7.94. The van der Waals surface area contributed by atoms with E-state index in [4.69, 9.17) is 0 Å². The van der Waals surface area contributed by atoms with Crippen molar-refractivity contribution in [2.75, 3.05) is 0 Å². The lowest BCUT2D eigenvalue weighted by molar-refractivity contribution is 0.226. The third-order valence-electron chi connectivity index (χ3n) is 2.51. The van der Waals surface area contributed by atoms with Crippen LogP contribution in [0.3, 0.4) is 0 Å². The van der Waals surface area contributed by atoms with E-state index in [9.17, 15) is 5.11 Å². The van der Waals surface area contributed by atoms with Crippen LogP contribution in [0.1, 0.15) is 37.5 Å². The Hall–Kier alpha value is -1.08.